The van der Waals surface area contributed by atoms with Gasteiger partial charge in [-0.1, -0.05) is 36.4 Å². The van der Waals surface area contributed by atoms with Gasteiger partial charge in [0.05, 0.1) is 0 Å². The lowest BCUT2D eigenvalue weighted by atomic mass is 9.92. The van der Waals surface area contributed by atoms with E-state index in [0.717, 1.165) is 11.6 Å². The Morgan fingerprint density at radius 2 is 1.08 bits per heavy atom. The summed E-state index contributed by atoms with van der Waals surface area (Å²) in [5.74, 6) is -1.38. The molecule has 0 aliphatic rings. The molecule has 4 aromatic rings. The van der Waals surface area contributed by atoms with E-state index in [1.54, 1.807) is 49.4 Å². The summed E-state index contributed by atoms with van der Waals surface area (Å²) in [6, 6.07) is 14.4. The lowest BCUT2D eigenvalue weighted by Gasteiger charge is -2.14. The first kappa shape index (κ1) is 24.1. The molecular weight excluding hydrogens is 460 g/mol. The van der Waals surface area contributed by atoms with E-state index < -0.39 is 5.75 Å². The van der Waals surface area contributed by atoms with Crippen molar-refractivity contribution < 1.29 is 35.7 Å². The Labute approximate surface area is 207 Å². The molecule has 0 aliphatic heterocycles. The van der Waals surface area contributed by atoms with Gasteiger partial charge in [0.1, 0.15) is 28.7 Å². The molecule has 0 radical (unpaired) electrons. The fourth-order valence-corrected chi connectivity index (χ4v) is 3.82. The van der Waals surface area contributed by atoms with Gasteiger partial charge in [-0.25, -0.2) is 0 Å². The summed E-state index contributed by atoms with van der Waals surface area (Å²) in [6.07, 6.45) is 6.50. The van der Waals surface area contributed by atoms with Gasteiger partial charge in [-0.05, 0) is 76.7 Å². The van der Waals surface area contributed by atoms with Crippen LogP contribution in [0.5, 0.6) is 40.2 Å². The molecule has 7 nitrogen and oxygen atoms in total. The van der Waals surface area contributed by atoms with Crippen molar-refractivity contribution in [2.24, 2.45) is 0 Å². The van der Waals surface area contributed by atoms with Crippen molar-refractivity contribution in [2.45, 2.75) is 6.92 Å². The van der Waals surface area contributed by atoms with Crippen molar-refractivity contribution >= 4 is 24.3 Å². The van der Waals surface area contributed by atoms with Crippen molar-refractivity contribution in [3.05, 3.63) is 88.5 Å². The summed E-state index contributed by atoms with van der Waals surface area (Å²) in [4.78, 5) is 0. The van der Waals surface area contributed by atoms with Crippen molar-refractivity contribution in [3.63, 3.8) is 0 Å². The van der Waals surface area contributed by atoms with E-state index in [1.807, 2.05) is 0 Å². The number of phenolic OH excluding ortho intramolecular Hbond substituents is 7. The molecule has 0 aromatic heterocycles. The number of hydrogen-bond acceptors (Lipinski definition) is 7. The van der Waals surface area contributed by atoms with Gasteiger partial charge < -0.3 is 35.7 Å². The van der Waals surface area contributed by atoms with Gasteiger partial charge in [0.25, 0.3) is 0 Å². The smallest absolute Gasteiger partial charge is 0.158 e. The van der Waals surface area contributed by atoms with E-state index in [-0.39, 0.29) is 40.1 Å². The van der Waals surface area contributed by atoms with Crippen molar-refractivity contribution in [3.8, 4) is 51.4 Å². The number of benzene rings is 4. The Morgan fingerprint density at radius 3 is 1.78 bits per heavy atom. The number of aryl methyl sites for hydroxylation is 1. The Balaban J connectivity index is 1.86. The van der Waals surface area contributed by atoms with Crippen LogP contribution >= 0.6 is 0 Å². The number of phenols is 7. The highest BCUT2D eigenvalue weighted by Crippen LogP contribution is 2.43. The molecule has 0 saturated heterocycles. The fraction of sp³-hybridized carbons (Fsp3) is 0.0345. The molecule has 4 aromatic carbocycles. The second-order valence-electron chi connectivity index (χ2n) is 8.35. The van der Waals surface area contributed by atoms with Gasteiger partial charge >= 0.3 is 0 Å². The second kappa shape index (κ2) is 9.68. The molecule has 0 atom stereocenters. The van der Waals surface area contributed by atoms with Gasteiger partial charge in [-0.15, -0.1) is 0 Å². The average molecular weight is 485 g/mol. The van der Waals surface area contributed by atoms with Crippen LogP contribution in [0.15, 0.2) is 60.7 Å². The molecule has 7 N–H and O–H groups in total. The van der Waals surface area contributed by atoms with Gasteiger partial charge in [-0.3, -0.25) is 0 Å². The third-order valence-corrected chi connectivity index (χ3v) is 5.62. The van der Waals surface area contributed by atoms with Crippen molar-refractivity contribution in [2.75, 3.05) is 0 Å². The zero-order chi connectivity index (χ0) is 26.0. The minimum atomic E-state index is -0.414. The number of hydrogen-bond donors (Lipinski definition) is 7. The van der Waals surface area contributed by atoms with Crippen LogP contribution in [-0.2, 0) is 0 Å². The highest BCUT2D eigenvalue weighted by Gasteiger charge is 2.17. The molecule has 7 heteroatoms. The highest BCUT2D eigenvalue weighted by atomic mass is 16.3. The van der Waals surface area contributed by atoms with Crippen LogP contribution in [0.2, 0.25) is 0 Å². The van der Waals surface area contributed by atoms with Crippen molar-refractivity contribution in [1.82, 2.24) is 0 Å². The topological polar surface area (TPSA) is 142 Å². The lowest BCUT2D eigenvalue weighted by molar-refractivity contribution is 0.404. The minimum Gasteiger partial charge on any atom is -0.508 e. The third-order valence-electron chi connectivity index (χ3n) is 5.62. The Hall–Kier alpha value is -5.04. The molecule has 0 heterocycles. The van der Waals surface area contributed by atoms with Crippen LogP contribution < -0.4 is 0 Å². The predicted octanol–water partition coefficient (Wildman–Crippen LogP) is 5.94. The van der Waals surface area contributed by atoms with E-state index in [9.17, 15) is 35.7 Å². The van der Waals surface area contributed by atoms with E-state index >= 15 is 0 Å². The van der Waals surface area contributed by atoms with Crippen LogP contribution in [0.1, 0.15) is 27.8 Å². The van der Waals surface area contributed by atoms with Gasteiger partial charge in [0, 0.05) is 17.7 Å². The quantitative estimate of drug-likeness (QED) is 0.137. The summed E-state index contributed by atoms with van der Waals surface area (Å²) < 4.78 is 0. The van der Waals surface area contributed by atoms with E-state index in [0.29, 0.717) is 27.8 Å². The number of rotatable bonds is 5. The molecule has 0 aliphatic carbocycles. The maximum atomic E-state index is 10.8. The third kappa shape index (κ3) is 5.20. The normalized spacial score (nSPS) is 11.5. The lowest BCUT2D eigenvalue weighted by Crippen LogP contribution is -1.90. The highest BCUT2D eigenvalue weighted by molar-refractivity contribution is 5.91. The minimum absolute atomic E-state index is 0.130. The Morgan fingerprint density at radius 1 is 0.472 bits per heavy atom. The maximum absolute atomic E-state index is 10.8. The molecular formula is C29H24O7. The molecule has 0 spiro atoms. The molecule has 182 valence electrons. The summed E-state index contributed by atoms with van der Waals surface area (Å²) >= 11 is 0. The Bertz CT molecular complexity index is 1500. The molecule has 0 saturated carbocycles. The number of aromatic hydroxyl groups is 7. The largest absolute Gasteiger partial charge is 0.508 e. The van der Waals surface area contributed by atoms with E-state index in [1.165, 1.54) is 36.4 Å². The van der Waals surface area contributed by atoms with Crippen LogP contribution in [0.4, 0.5) is 0 Å². The average Bonchev–Trinajstić information content (AvgIpc) is 2.80. The van der Waals surface area contributed by atoms with Crippen LogP contribution in [-0.4, -0.2) is 35.7 Å². The van der Waals surface area contributed by atoms with Gasteiger partial charge in [0.15, 0.2) is 11.5 Å². The molecule has 0 unspecified atom stereocenters. The van der Waals surface area contributed by atoms with E-state index in [2.05, 4.69) is 0 Å². The second-order valence-corrected chi connectivity index (χ2v) is 8.35. The fourth-order valence-electron chi connectivity index (χ4n) is 3.82. The predicted molar refractivity (Wildman–Crippen MR) is 139 cm³/mol. The monoisotopic (exact) mass is 484 g/mol. The molecule has 0 amide bonds. The first-order valence-electron chi connectivity index (χ1n) is 10.9. The maximum Gasteiger partial charge on any atom is 0.158 e. The van der Waals surface area contributed by atoms with Crippen LogP contribution in [0.3, 0.4) is 0 Å². The molecule has 36 heavy (non-hydrogen) atoms. The summed E-state index contributed by atoms with van der Waals surface area (Å²) in [7, 11) is 0. The van der Waals surface area contributed by atoms with Crippen molar-refractivity contribution in [1.29, 1.82) is 0 Å². The van der Waals surface area contributed by atoms with Gasteiger partial charge in [0.2, 0.25) is 0 Å². The summed E-state index contributed by atoms with van der Waals surface area (Å²) in [6.45, 7) is 1.78. The zero-order valence-electron chi connectivity index (χ0n) is 19.2. The van der Waals surface area contributed by atoms with Crippen LogP contribution in [0.25, 0.3) is 35.4 Å². The van der Waals surface area contributed by atoms with E-state index in [4.69, 9.17) is 0 Å². The SMILES string of the molecule is Cc1ccc(C=Cc2cc(O)cc(O)c2-c2cc(O)c(O)cc2C=Cc2cc(O)cc(O)c2)cc1O. The zero-order valence-corrected chi connectivity index (χ0v) is 19.2. The van der Waals surface area contributed by atoms with Gasteiger partial charge in [-0.2, -0.15) is 0 Å². The Kier molecular flexibility index (Phi) is 6.48. The van der Waals surface area contributed by atoms with Crippen LogP contribution in [0, 0.1) is 6.92 Å². The molecule has 0 bridgehead atoms. The standard InChI is InChI=1S/C29H24O7/c1-16-2-3-17(10-25(16)33)4-7-20-11-23(32)14-28(36)29(20)24-15-27(35)26(34)12-19(24)6-5-18-8-21(30)13-22(31)9-18/h2-15,30-36H,1H3. The first-order valence-corrected chi connectivity index (χ1v) is 10.9. The first-order chi connectivity index (χ1) is 17.1. The molecule has 4 rings (SSSR count). The summed E-state index contributed by atoms with van der Waals surface area (Å²) in [5, 5.41) is 70.7. The summed E-state index contributed by atoms with van der Waals surface area (Å²) in [5.41, 5.74) is 3.30. The molecule has 0 fully saturated rings.